The van der Waals surface area contributed by atoms with Gasteiger partial charge in [0.15, 0.2) is 0 Å². The Labute approximate surface area is 138 Å². The summed E-state index contributed by atoms with van der Waals surface area (Å²) in [4.78, 5) is 16.7. The number of nitrogens with one attached hydrogen (secondary N) is 1. The standard InChI is InChI=1S/C18H27N3O2/c1-18(2,3)23-17(22)21-10-7-15-14(5-4-6-16(15)21)13-20-11-8-19-9-12-20/h4-6,19H,7-13H2,1-3H3. The fourth-order valence-corrected chi connectivity index (χ4v) is 3.27. The number of piperazine rings is 1. The van der Waals surface area contributed by atoms with E-state index in [1.54, 1.807) is 4.90 Å². The molecule has 0 aromatic heterocycles. The van der Waals surface area contributed by atoms with Crippen molar-refractivity contribution in [1.29, 1.82) is 0 Å². The van der Waals surface area contributed by atoms with Gasteiger partial charge >= 0.3 is 6.09 Å². The molecule has 1 amide bonds. The Morgan fingerprint density at radius 2 is 1.96 bits per heavy atom. The van der Waals surface area contributed by atoms with Crippen molar-refractivity contribution in [3.05, 3.63) is 29.3 Å². The van der Waals surface area contributed by atoms with Crippen molar-refractivity contribution < 1.29 is 9.53 Å². The van der Waals surface area contributed by atoms with E-state index >= 15 is 0 Å². The molecule has 23 heavy (non-hydrogen) atoms. The molecule has 0 radical (unpaired) electrons. The maximum absolute atomic E-state index is 12.4. The molecule has 5 heteroatoms. The molecule has 0 atom stereocenters. The maximum Gasteiger partial charge on any atom is 0.414 e. The second-order valence-corrected chi connectivity index (χ2v) is 7.32. The lowest BCUT2D eigenvalue weighted by molar-refractivity contribution is 0.0584. The van der Waals surface area contributed by atoms with Gasteiger partial charge in [-0.15, -0.1) is 0 Å². The van der Waals surface area contributed by atoms with Gasteiger partial charge in [0, 0.05) is 39.3 Å². The van der Waals surface area contributed by atoms with Gasteiger partial charge in [-0.1, -0.05) is 12.1 Å². The molecule has 2 aliphatic heterocycles. The summed E-state index contributed by atoms with van der Waals surface area (Å²) in [6.45, 7) is 11.7. The molecule has 5 nitrogen and oxygen atoms in total. The van der Waals surface area contributed by atoms with Crippen LogP contribution in [0.2, 0.25) is 0 Å². The summed E-state index contributed by atoms with van der Waals surface area (Å²) in [6, 6.07) is 6.28. The van der Waals surface area contributed by atoms with E-state index in [1.165, 1.54) is 11.1 Å². The maximum atomic E-state index is 12.4. The highest BCUT2D eigenvalue weighted by molar-refractivity contribution is 5.90. The topological polar surface area (TPSA) is 44.8 Å². The van der Waals surface area contributed by atoms with Gasteiger partial charge in [0.05, 0.1) is 5.69 Å². The molecule has 0 spiro atoms. The number of benzene rings is 1. The van der Waals surface area contributed by atoms with Crippen LogP contribution in [0.1, 0.15) is 31.9 Å². The van der Waals surface area contributed by atoms with Gasteiger partial charge in [-0.3, -0.25) is 9.80 Å². The van der Waals surface area contributed by atoms with Crippen molar-refractivity contribution in [2.45, 2.75) is 39.3 Å². The summed E-state index contributed by atoms with van der Waals surface area (Å²) in [5.74, 6) is 0. The third kappa shape index (κ3) is 3.85. The first kappa shape index (κ1) is 16.3. The lowest BCUT2D eigenvalue weighted by atomic mass is 10.0. The number of ether oxygens (including phenoxy) is 1. The summed E-state index contributed by atoms with van der Waals surface area (Å²) in [5.41, 5.74) is 3.21. The van der Waals surface area contributed by atoms with Crippen LogP contribution in [0.25, 0.3) is 0 Å². The first-order chi connectivity index (χ1) is 10.9. The van der Waals surface area contributed by atoms with E-state index in [0.29, 0.717) is 6.54 Å². The Morgan fingerprint density at radius 1 is 1.22 bits per heavy atom. The molecule has 0 unspecified atom stereocenters. The Balaban J connectivity index is 1.76. The van der Waals surface area contributed by atoms with Gasteiger partial charge in [-0.05, 0) is 44.4 Å². The van der Waals surface area contributed by atoms with Crippen molar-refractivity contribution in [2.75, 3.05) is 37.6 Å². The van der Waals surface area contributed by atoms with E-state index in [9.17, 15) is 4.79 Å². The zero-order chi connectivity index (χ0) is 16.4. The zero-order valence-corrected chi connectivity index (χ0v) is 14.4. The monoisotopic (exact) mass is 317 g/mol. The van der Waals surface area contributed by atoms with Crippen molar-refractivity contribution in [3.8, 4) is 0 Å². The molecular weight excluding hydrogens is 290 g/mol. The Hall–Kier alpha value is -1.59. The van der Waals surface area contributed by atoms with Crippen LogP contribution in [-0.4, -0.2) is 49.3 Å². The van der Waals surface area contributed by atoms with Crippen LogP contribution >= 0.6 is 0 Å². The van der Waals surface area contributed by atoms with Crippen LogP contribution < -0.4 is 10.2 Å². The number of amides is 1. The lowest BCUT2D eigenvalue weighted by Gasteiger charge is -2.28. The summed E-state index contributed by atoms with van der Waals surface area (Å²) in [6.07, 6.45) is 0.673. The predicted octanol–water partition coefficient (Wildman–Crippen LogP) is 2.39. The number of fused-ring (bicyclic) bond motifs is 1. The van der Waals surface area contributed by atoms with Crippen molar-refractivity contribution >= 4 is 11.8 Å². The fraction of sp³-hybridized carbons (Fsp3) is 0.611. The second-order valence-electron chi connectivity index (χ2n) is 7.32. The normalized spacial score (nSPS) is 18.8. The van der Waals surface area contributed by atoms with Crippen molar-refractivity contribution in [1.82, 2.24) is 10.2 Å². The minimum Gasteiger partial charge on any atom is -0.443 e. The summed E-state index contributed by atoms with van der Waals surface area (Å²) >= 11 is 0. The molecule has 1 saturated heterocycles. The highest BCUT2D eigenvalue weighted by Gasteiger charge is 2.30. The minimum absolute atomic E-state index is 0.240. The molecule has 2 heterocycles. The van der Waals surface area contributed by atoms with Crippen LogP contribution in [0.5, 0.6) is 0 Å². The van der Waals surface area contributed by atoms with Gasteiger partial charge < -0.3 is 10.1 Å². The van der Waals surface area contributed by atoms with Gasteiger partial charge in [-0.25, -0.2) is 4.79 Å². The van der Waals surface area contributed by atoms with E-state index in [1.807, 2.05) is 26.8 Å². The first-order valence-electron chi connectivity index (χ1n) is 8.48. The smallest absolute Gasteiger partial charge is 0.414 e. The summed E-state index contributed by atoms with van der Waals surface area (Å²) < 4.78 is 5.54. The highest BCUT2D eigenvalue weighted by atomic mass is 16.6. The van der Waals surface area contributed by atoms with Crippen LogP contribution in [0.4, 0.5) is 10.5 Å². The third-order valence-corrected chi connectivity index (χ3v) is 4.34. The lowest BCUT2D eigenvalue weighted by Crippen LogP contribution is -2.43. The van der Waals surface area contributed by atoms with Gasteiger partial charge in [0.25, 0.3) is 0 Å². The summed E-state index contributed by atoms with van der Waals surface area (Å²) in [5, 5.41) is 3.39. The molecule has 1 fully saturated rings. The molecule has 0 saturated carbocycles. The Bertz CT molecular complexity index is 574. The Morgan fingerprint density at radius 3 is 2.65 bits per heavy atom. The number of nitrogens with zero attached hydrogens (tertiary/aromatic N) is 2. The molecule has 3 rings (SSSR count). The van der Waals surface area contributed by atoms with Gasteiger partial charge in [0.1, 0.15) is 5.60 Å². The van der Waals surface area contributed by atoms with E-state index in [4.69, 9.17) is 4.74 Å². The first-order valence-corrected chi connectivity index (χ1v) is 8.48. The average molecular weight is 317 g/mol. The van der Waals surface area contributed by atoms with Crippen LogP contribution in [0, 0.1) is 0 Å². The van der Waals surface area contributed by atoms with E-state index in [-0.39, 0.29) is 6.09 Å². The largest absolute Gasteiger partial charge is 0.443 e. The molecule has 0 bridgehead atoms. The summed E-state index contributed by atoms with van der Waals surface area (Å²) in [7, 11) is 0. The molecule has 1 aromatic carbocycles. The minimum atomic E-state index is -0.460. The third-order valence-electron chi connectivity index (χ3n) is 4.34. The van der Waals surface area contributed by atoms with Crippen molar-refractivity contribution in [2.24, 2.45) is 0 Å². The zero-order valence-electron chi connectivity index (χ0n) is 14.4. The average Bonchev–Trinajstić information content (AvgIpc) is 2.92. The van der Waals surface area contributed by atoms with Crippen molar-refractivity contribution in [3.63, 3.8) is 0 Å². The second kappa shape index (κ2) is 6.49. The van der Waals surface area contributed by atoms with E-state index in [2.05, 4.69) is 22.3 Å². The molecule has 1 N–H and O–H groups in total. The number of anilines is 1. The molecule has 126 valence electrons. The number of carbonyl (C=O) groups is 1. The number of carbonyl (C=O) groups excluding carboxylic acids is 1. The quantitative estimate of drug-likeness (QED) is 0.910. The van der Waals surface area contributed by atoms with E-state index in [0.717, 1.165) is 44.8 Å². The molecule has 0 aliphatic carbocycles. The molecule has 1 aromatic rings. The highest BCUT2D eigenvalue weighted by Crippen LogP contribution is 2.32. The number of hydrogen-bond acceptors (Lipinski definition) is 4. The SMILES string of the molecule is CC(C)(C)OC(=O)N1CCc2c(CN3CCNCC3)cccc21. The number of hydrogen-bond donors (Lipinski definition) is 1. The predicted molar refractivity (Wildman–Crippen MR) is 91.9 cm³/mol. The van der Waals surface area contributed by atoms with Crippen LogP contribution in [-0.2, 0) is 17.7 Å². The van der Waals surface area contributed by atoms with Gasteiger partial charge in [0.2, 0.25) is 0 Å². The fourth-order valence-electron chi connectivity index (χ4n) is 3.27. The molecular formula is C18H27N3O2. The number of rotatable bonds is 2. The Kier molecular flexibility index (Phi) is 4.60. The van der Waals surface area contributed by atoms with Gasteiger partial charge in [-0.2, -0.15) is 0 Å². The molecule has 2 aliphatic rings. The van der Waals surface area contributed by atoms with Crippen LogP contribution in [0.15, 0.2) is 18.2 Å². The van der Waals surface area contributed by atoms with E-state index < -0.39 is 5.60 Å². The van der Waals surface area contributed by atoms with Crippen LogP contribution in [0.3, 0.4) is 0 Å².